The number of nitrogens with zero attached hydrogens (tertiary/aromatic N) is 3. The van der Waals surface area contributed by atoms with Crippen LogP contribution in [0.25, 0.3) is 0 Å². The van der Waals surface area contributed by atoms with Crippen LogP contribution >= 0.6 is 15.9 Å². The summed E-state index contributed by atoms with van der Waals surface area (Å²) in [5, 5.41) is 0. The molecule has 2 amide bonds. The molecule has 8 heteroatoms. The Morgan fingerprint density at radius 3 is 2.41 bits per heavy atom. The predicted molar refractivity (Wildman–Crippen MR) is 113 cm³/mol. The van der Waals surface area contributed by atoms with Gasteiger partial charge in [-0.1, -0.05) is 34.1 Å². The van der Waals surface area contributed by atoms with Crippen molar-refractivity contribution in [3.05, 3.63) is 64.4 Å². The van der Waals surface area contributed by atoms with Crippen LogP contribution in [-0.2, 0) is 16.0 Å². The number of hydrogen-bond donors (Lipinski definition) is 2. The molecular weight excluding hydrogens is 434 g/mol. The normalized spacial score (nSPS) is 22.0. The molecular formula is C21H24BrN5O2. The van der Waals surface area contributed by atoms with E-state index in [1.165, 1.54) is 0 Å². The zero-order valence-corrected chi connectivity index (χ0v) is 17.6. The Morgan fingerprint density at radius 2 is 1.72 bits per heavy atom. The Bertz CT molecular complexity index is 853. The Morgan fingerprint density at radius 1 is 1.00 bits per heavy atom. The lowest BCUT2D eigenvalue weighted by atomic mass is 10.1. The first kappa shape index (κ1) is 20.0. The van der Waals surface area contributed by atoms with E-state index in [-0.39, 0.29) is 23.9 Å². The summed E-state index contributed by atoms with van der Waals surface area (Å²) >= 11 is 3.41. The van der Waals surface area contributed by atoms with Crippen LogP contribution in [0, 0.1) is 0 Å². The van der Waals surface area contributed by atoms with Gasteiger partial charge in [0.1, 0.15) is 6.04 Å². The number of pyridine rings is 1. The molecule has 0 spiro atoms. The number of piperazine rings is 1. The molecule has 2 saturated heterocycles. The van der Waals surface area contributed by atoms with Gasteiger partial charge in [0.15, 0.2) is 0 Å². The highest BCUT2D eigenvalue weighted by Gasteiger charge is 2.35. The first-order valence-corrected chi connectivity index (χ1v) is 10.6. The van der Waals surface area contributed by atoms with Crippen molar-refractivity contribution in [2.45, 2.75) is 24.9 Å². The maximum absolute atomic E-state index is 12.9. The van der Waals surface area contributed by atoms with Crippen LogP contribution in [0.2, 0.25) is 0 Å². The fraction of sp³-hybridized carbons (Fsp3) is 0.381. The molecule has 2 atom stereocenters. The average molecular weight is 458 g/mol. The van der Waals surface area contributed by atoms with Gasteiger partial charge in [-0.25, -0.2) is 10.9 Å². The van der Waals surface area contributed by atoms with Crippen LogP contribution in [0.5, 0.6) is 0 Å². The van der Waals surface area contributed by atoms with Gasteiger partial charge in [0.25, 0.3) is 0 Å². The summed E-state index contributed by atoms with van der Waals surface area (Å²) in [5.41, 5.74) is 8.21. The highest BCUT2D eigenvalue weighted by molar-refractivity contribution is 9.10. The lowest BCUT2D eigenvalue weighted by Gasteiger charge is -2.36. The number of benzene rings is 1. The molecule has 1 aromatic carbocycles. The number of hydrazine groups is 1. The van der Waals surface area contributed by atoms with Crippen LogP contribution in [0.1, 0.15) is 23.7 Å². The number of halogens is 1. The van der Waals surface area contributed by atoms with Crippen molar-refractivity contribution in [2.75, 3.05) is 26.2 Å². The van der Waals surface area contributed by atoms with E-state index in [9.17, 15) is 9.59 Å². The average Bonchev–Trinajstić information content (AvgIpc) is 3.26. The molecule has 0 radical (unpaired) electrons. The summed E-state index contributed by atoms with van der Waals surface area (Å²) in [7, 11) is 0. The number of carbonyl (C=O) groups is 2. The molecule has 29 heavy (non-hydrogen) atoms. The third kappa shape index (κ3) is 4.83. The fourth-order valence-corrected chi connectivity index (χ4v) is 4.04. The molecule has 4 rings (SSSR count). The van der Waals surface area contributed by atoms with Crippen molar-refractivity contribution in [1.29, 1.82) is 0 Å². The van der Waals surface area contributed by atoms with Crippen LogP contribution in [0.15, 0.2) is 53.1 Å². The lowest BCUT2D eigenvalue weighted by molar-refractivity contribution is -0.140. The zero-order chi connectivity index (χ0) is 20.2. The van der Waals surface area contributed by atoms with E-state index in [4.69, 9.17) is 0 Å². The van der Waals surface area contributed by atoms with E-state index in [1.54, 1.807) is 6.20 Å². The third-order valence-corrected chi connectivity index (χ3v) is 5.99. The third-order valence-electron chi connectivity index (χ3n) is 5.46. The first-order chi connectivity index (χ1) is 14.1. The predicted octanol–water partition coefficient (Wildman–Crippen LogP) is 1.67. The zero-order valence-electron chi connectivity index (χ0n) is 16.1. The van der Waals surface area contributed by atoms with E-state index in [0.717, 1.165) is 15.7 Å². The summed E-state index contributed by atoms with van der Waals surface area (Å²) < 4.78 is 1.00. The Balaban J connectivity index is 1.26. The molecule has 0 saturated carbocycles. The van der Waals surface area contributed by atoms with Crippen molar-refractivity contribution in [3.8, 4) is 0 Å². The van der Waals surface area contributed by atoms with Crippen molar-refractivity contribution >= 4 is 27.7 Å². The molecule has 2 aromatic rings. The molecule has 2 aliphatic heterocycles. The first-order valence-electron chi connectivity index (χ1n) is 9.83. The van der Waals surface area contributed by atoms with Gasteiger partial charge >= 0.3 is 0 Å². The minimum Gasteiger partial charge on any atom is -0.339 e. The molecule has 152 valence electrons. The molecule has 2 fully saturated rings. The van der Waals surface area contributed by atoms with Gasteiger partial charge in [-0.15, -0.1) is 0 Å². The van der Waals surface area contributed by atoms with Gasteiger partial charge in [0.05, 0.1) is 18.2 Å². The van der Waals surface area contributed by atoms with Gasteiger partial charge in [-0.2, -0.15) is 0 Å². The number of aromatic nitrogens is 1. The number of nitrogens with one attached hydrogen (secondary N) is 2. The number of rotatable bonds is 4. The Hall–Kier alpha value is -2.29. The largest absolute Gasteiger partial charge is 0.339 e. The Labute approximate surface area is 178 Å². The standard InChI is InChI=1S/C21H24BrN5O2/c22-16-6-4-15(5-7-16)13-20(28)26-9-11-27(12-10-26)21(29)19-14-18(24-25-19)17-3-1-2-8-23-17/h1-8,18-19,24-25H,9-14H2. The summed E-state index contributed by atoms with van der Waals surface area (Å²) in [6, 6.07) is 13.3. The minimum absolute atomic E-state index is 0.0268. The van der Waals surface area contributed by atoms with E-state index in [1.807, 2.05) is 52.3 Å². The van der Waals surface area contributed by atoms with Crippen molar-refractivity contribution < 1.29 is 9.59 Å². The monoisotopic (exact) mass is 457 g/mol. The molecule has 0 aliphatic carbocycles. The molecule has 0 bridgehead atoms. The quantitative estimate of drug-likeness (QED) is 0.729. The second-order valence-electron chi connectivity index (χ2n) is 7.39. The molecule has 2 N–H and O–H groups in total. The smallest absolute Gasteiger partial charge is 0.241 e. The van der Waals surface area contributed by atoms with E-state index >= 15 is 0 Å². The lowest BCUT2D eigenvalue weighted by Crippen LogP contribution is -2.54. The van der Waals surface area contributed by atoms with Gasteiger partial charge in [-0.3, -0.25) is 14.6 Å². The molecule has 1 aromatic heterocycles. The van der Waals surface area contributed by atoms with E-state index in [2.05, 4.69) is 31.8 Å². The Kier molecular flexibility index (Phi) is 6.22. The minimum atomic E-state index is -0.271. The molecule has 3 heterocycles. The highest BCUT2D eigenvalue weighted by atomic mass is 79.9. The van der Waals surface area contributed by atoms with Gasteiger partial charge in [-0.05, 0) is 36.2 Å². The molecule has 2 aliphatic rings. The van der Waals surface area contributed by atoms with Crippen molar-refractivity contribution in [2.24, 2.45) is 0 Å². The second-order valence-corrected chi connectivity index (χ2v) is 8.31. The fourth-order valence-electron chi connectivity index (χ4n) is 3.78. The van der Waals surface area contributed by atoms with Crippen LogP contribution in [0.3, 0.4) is 0 Å². The van der Waals surface area contributed by atoms with Gasteiger partial charge < -0.3 is 9.80 Å². The van der Waals surface area contributed by atoms with Crippen LogP contribution in [0.4, 0.5) is 0 Å². The SMILES string of the molecule is O=C(Cc1ccc(Br)cc1)N1CCN(C(=O)C2CC(c3ccccn3)NN2)CC1. The van der Waals surface area contributed by atoms with Crippen LogP contribution < -0.4 is 10.9 Å². The van der Waals surface area contributed by atoms with E-state index in [0.29, 0.717) is 39.0 Å². The van der Waals surface area contributed by atoms with Gasteiger partial charge in [0.2, 0.25) is 11.8 Å². The summed E-state index contributed by atoms with van der Waals surface area (Å²) in [6.45, 7) is 2.28. The number of amides is 2. The number of hydrogen-bond acceptors (Lipinski definition) is 5. The van der Waals surface area contributed by atoms with Crippen LogP contribution in [-0.4, -0.2) is 58.8 Å². The molecule has 7 nitrogen and oxygen atoms in total. The molecule has 2 unspecified atom stereocenters. The number of carbonyl (C=O) groups excluding carboxylic acids is 2. The van der Waals surface area contributed by atoms with E-state index < -0.39 is 0 Å². The van der Waals surface area contributed by atoms with Gasteiger partial charge in [0, 0.05) is 36.8 Å². The maximum atomic E-state index is 12.9. The summed E-state index contributed by atoms with van der Waals surface area (Å²) in [5.74, 6) is 0.186. The second kappa shape index (κ2) is 9.02. The highest BCUT2D eigenvalue weighted by Crippen LogP contribution is 2.21. The van der Waals surface area contributed by atoms with Crippen molar-refractivity contribution in [1.82, 2.24) is 25.6 Å². The topological polar surface area (TPSA) is 77.6 Å². The van der Waals surface area contributed by atoms with Crippen molar-refractivity contribution in [3.63, 3.8) is 0 Å². The maximum Gasteiger partial charge on any atom is 0.241 e. The summed E-state index contributed by atoms with van der Waals surface area (Å²) in [4.78, 5) is 33.5. The summed E-state index contributed by atoms with van der Waals surface area (Å²) in [6.07, 6.45) is 2.82.